The molecule has 2 N–H and O–H groups in total. The number of aliphatic hydroxyl groups is 1. The Hall–Kier alpha value is -2.02. The van der Waals surface area contributed by atoms with E-state index in [1.165, 1.54) is 12.1 Å². The molecule has 0 aliphatic carbocycles. The average molecular weight is 268 g/mol. The van der Waals surface area contributed by atoms with E-state index in [4.69, 9.17) is 5.11 Å². The van der Waals surface area contributed by atoms with Crippen LogP contribution in [0.25, 0.3) is 0 Å². The molecule has 0 amide bonds. The molecule has 2 aromatic rings. The van der Waals surface area contributed by atoms with Crippen molar-refractivity contribution in [1.82, 2.24) is 15.0 Å². The first-order valence-corrected chi connectivity index (χ1v) is 5.88. The number of hydrogen-bond acceptors (Lipinski definition) is 4. The minimum atomic E-state index is -0.646. The van der Waals surface area contributed by atoms with Crippen LogP contribution in [0, 0.1) is 11.6 Å². The number of nitrogens with zero attached hydrogens (tertiary/aromatic N) is 3. The van der Waals surface area contributed by atoms with E-state index in [1.54, 1.807) is 10.9 Å². The van der Waals surface area contributed by atoms with Gasteiger partial charge in [0.1, 0.15) is 17.3 Å². The molecule has 1 aromatic carbocycles. The maximum absolute atomic E-state index is 13.4. The number of aryl methyl sites for hydroxylation is 1. The summed E-state index contributed by atoms with van der Waals surface area (Å²) in [7, 11) is 0. The number of benzene rings is 1. The molecule has 0 saturated carbocycles. The molecule has 0 fully saturated rings. The standard InChI is InChI=1S/C12H14F2N4O/c13-9-2-3-12(11(14)6-9)15-7-10-8-18(17-16-10)4-1-5-19/h2-3,6,8,15,19H,1,4-5,7H2. The van der Waals surface area contributed by atoms with Gasteiger partial charge in [-0.05, 0) is 18.6 Å². The molecule has 1 heterocycles. The first-order chi connectivity index (χ1) is 9.19. The molecule has 0 spiro atoms. The molecule has 102 valence electrons. The van der Waals surface area contributed by atoms with Gasteiger partial charge in [-0.2, -0.15) is 0 Å². The molecule has 0 atom stereocenters. The number of nitrogens with one attached hydrogen (secondary N) is 1. The maximum Gasteiger partial charge on any atom is 0.149 e. The third-order valence-corrected chi connectivity index (χ3v) is 2.52. The van der Waals surface area contributed by atoms with Crippen LogP contribution >= 0.6 is 0 Å². The van der Waals surface area contributed by atoms with Crippen molar-refractivity contribution in [3.05, 3.63) is 41.7 Å². The van der Waals surface area contributed by atoms with Gasteiger partial charge < -0.3 is 10.4 Å². The molecule has 5 nitrogen and oxygen atoms in total. The van der Waals surface area contributed by atoms with Crippen LogP contribution < -0.4 is 5.32 Å². The van der Waals surface area contributed by atoms with Gasteiger partial charge in [-0.3, -0.25) is 4.68 Å². The molecule has 0 aliphatic rings. The van der Waals surface area contributed by atoms with Crippen LogP contribution in [-0.2, 0) is 13.1 Å². The van der Waals surface area contributed by atoms with Crippen molar-refractivity contribution in [2.24, 2.45) is 0 Å². The van der Waals surface area contributed by atoms with Crippen LogP contribution in [0.5, 0.6) is 0 Å². The molecule has 2 rings (SSSR count). The summed E-state index contributed by atoms with van der Waals surface area (Å²) in [6.07, 6.45) is 2.31. The third kappa shape index (κ3) is 3.72. The van der Waals surface area contributed by atoms with E-state index in [0.29, 0.717) is 25.2 Å². The number of aliphatic hydroxyl groups excluding tert-OH is 1. The van der Waals surface area contributed by atoms with E-state index in [0.717, 1.165) is 6.07 Å². The maximum atomic E-state index is 13.4. The van der Waals surface area contributed by atoms with E-state index in [1.807, 2.05) is 0 Å². The van der Waals surface area contributed by atoms with Crippen molar-refractivity contribution >= 4 is 5.69 Å². The molecule has 0 bridgehead atoms. The van der Waals surface area contributed by atoms with Crippen molar-refractivity contribution in [2.45, 2.75) is 19.5 Å². The van der Waals surface area contributed by atoms with Gasteiger partial charge in [0.05, 0.1) is 18.4 Å². The summed E-state index contributed by atoms with van der Waals surface area (Å²) in [5.41, 5.74) is 0.855. The van der Waals surface area contributed by atoms with Crippen molar-refractivity contribution in [3.8, 4) is 0 Å². The zero-order valence-corrected chi connectivity index (χ0v) is 10.2. The highest BCUT2D eigenvalue weighted by Gasteiger charge is 2.05. The van der Waals surface area contributed by atoms with Crippen LogP contribution in [0.15, 0.2) is 24.4 Å². The summed E-state index contributed by atoms with van der Waals surface area (Å²) < 4.78 is 27.7. The lowest BCUT2D eigenvalue weighted by molar-refractivity contribution is 0.276. The highest BCUT2D eigenvalue weighted by atomic mass is 19.1. The second-order valence-electron chi connectivity index (χ2n) is 4.03. The van der Waals surface area contributed by atoms with Crippen LogP contribution in [0.4, 0.5) is 14.5 Å². The second kappa shape index (κ2) is 6.24. The minimum absolute atomic E-state index is 0.0915. The van der Waals surface area contributed by atoms with Gasteiger partial charge in [-0.25, -0.2) is 8.78 Å². The van der Waals surface area contributed by atoms with Gasteiger partial charge in [0.25, 0.3) is 0 Å². The largest absolute Gasteiger partial charge is 0.396 e. The predicted octanol–water partition coefficient (Wildman–Crippen LogP) is 1.55. The summed E-state index contributed by atoms with van der Waals surface area (Å²) in [6.45, 7) is 0.963. The van der Waals surface area contributed by atoms with Gasteiger partial charge in [0, 0.05) is 19.2 Å². The lowest BCUT2D eigenvalue weighted by Gasteiger charge is -2.05. The van der Waals surface area contributed by atoms with Crippen molar-refractivity contribution in [1.29, 1.82) is 0 Å². The predicted molar refractivity (Wildman–Crippen MR) is 65.4 cm³/mol. The first-order valence-electron chi connectivity index (χ1n) is 5.88. The van der Waals surface area contributed by atoms with E-state index >= 15 is 0 Å². The molecule has 0 aliphatic heterocycles. The van der Waals surface area contributed by atoms with Gasteiger partial charge in [0.15, 0.2) is 0 Å². The Morgan fingerprint density at radius 1 is 1.32 bits per heavy atom. The van der Waals surface area contributed by atoms with Crippen LogP contribution in [0.3, 0.4) is 0 Å². The van der Waals surface area contributed by atoms with E-state index in [9.17, 15) is 8.78 Å². The molecule has 7 heteroatoms. The van der Waals surface area contributed by atoms with E-state index in [2.05, 4.69) is 15.6 Å². The monoisotopic (exact) mass is 268 g/mol. The first kappa shape index (κ1) is 13.4. The highest BCUT2D eigenvalue weighted by molar-refractivity contribution is 5.44. The normalized spacial score (nSPS) is 10.7. The zero-order valence-electron chi connectivity index (χ0n) is 10.2. The summed E-state index contributed by atoms with van der Waals surface area (Å²) in [6, 6.07) is 3.34. The van der Waals surface area contributed by atoms with E-state index in [-0.39, 0.29) is 12.3 Å². The Bertz CT molecular complexity index is 544. The van der Waals surface area contributed by atoms with Crippen molar-refractivity contribution in [2.75, 3.05) is 11.9 Å². The fraction of sp³-hybridized carbons (Fsp3) is 0.333. The number of hydrogen-bond donors (Lipinski definition) is 2. The van der Waals surface area contributed by atoms with Crippen LogP contribution in [0.1, 0.15) is 12.1 Å². The Kier molecular flexibility index (Phi) is 4.40. The fourth-order valence-corrected chi connectivity index (χ4v) is 1.58. The highest BCUT2D eigenvalue weighted by Crippen LogP contribution is 2.15. The summed E-state index contributed by atoms with van der Waals surface area (Å²) in [4.78, 5) is 0. The smallest absolute Gasteiger partial charge is 0.149 e. The lowest BCUT2D eigenvalue weighted by atomic mass is 10.3. The molecular formula is C12H14F2N4O. The molecule has 0 radical (unpaired) electrons. The lowest BCUT2D eigenvalue weighted by Crippen LogP contribution is -2.02. The topological polar surface area (TPSA) is 63.0 Å². The SMILES string of the molecule is OCCCn1cc(CNc2ccc(F)cc2F)nn1. The van der Waals surface area contributed by atoms with Gasteiger partial charge in [0.2, 0.25) is 0 Å². The Labute approximate surface area is 108 Å². The summed E-state index contributed by atoms with van der Waals surface area (Å²) in [5.74, 6) is -1.26. The number of rotatable bonds is 6. The van der Waals surface area contributed by atoms with Crippen LogP contribution in [0.2, 0.25) is 0 Å². The third-order valence-electron chi connectivity index (χ3n) is 2.52. The fourth-order valence-electron chi connectivity index (χ4n) is 1.58. The van der Waals surface area contributed by atoms with Gasteiger partial charge >= 0.3 is 0 Å². The molecule has 0 saturated heterocycles. The van der Waals surface area contributed by atoms with Gasteiger partial charge in [-0.1, -0.05) is 5.21 Å². The molecule has 1 aromatic heterocycles. The zero-order chi connectivity index (χ0) is 13.7. The van der Waals surface area contributed by atoms with E-state index < -0.39 is 11.6 Å². The quantitative estimate of drug-likeness (QED) is 0.834. The molecular weight excluding hydrogens is 254 g/mol. The second-order valence-corrected chi connectivity index (χ2v) is 4.03. The Morgan fingerprint density at radius 3 is 2.89 bits per heavy atom. The van der Waals surface area contributed by atoms with Crippen molar-refractivity contribution in [3.63, 3.8) is 0 Å². The van der Waals surface area contributed by atoms with Crippen molar-refractivity contribution < 1.29 is 13.9 Å². The molecule has 0 unspecified atom stereocenters. The number of anilines is 1. The number of halogens is 2. The summed E-state index contributed by atoms with van der Waals surface area (Å²) in [5, 5.41) is 19.3. The Balaban J connectivity index is 1.92. The Morgan fingerprint density at radius 2 is 2.16 bits per heavy atom. The number of aromatic nitrogens is 3. The van der Waals surface area contributed by atoms with Gasteiger partial charge in [-0.15, -0.1) is 5.10 Å². The van der Waals surface area contributed by atoms with Crippen LogP contribution in [-0.4, -0.2) is 26.7 Å². The minimum Gasteiger partial charge on any atom is -0.396 e. The summed E-state index contributed by atoms with van der Waals surface area (Å²) >= 11 is 0. The average Bonchev–Trinajstić information content (AvgIpc) is 2.83. The molecule has 19 heavy (non-hydrogen) atoms.